The first-order valence-electron chi connectivity index (χ1n) is 10.8. The number of fused-ring (bicyclic) bond motifs is 3. The quantitative estimate of drug-likeness (QED) is 0.463. The van der Waals surface area contributed by atoms with Crippen LogP contribution in [0.3, 0.4) is 0 Å². The molecule has 6 rings (SSSR count). The molecule has 0 saturated carbocycles. The lowest BCUT2D eigenvalue weighted by Crippen LogP contribution is -2.41. The highest BCUT2D eigenvalue weighted by atomic mass is 19.2. The minimum Gasteiger partial charge on any atom is -0.381 e. The normalized spacial score (nSPS) is 17.9. The van der Waals surface area contributed by atoms with Gasteiger partial charge < -0.3 is 14.6 Å². The topological polar surface area (TPSA) is 58.5 Å². The molecule has 0 radical (unpaired) electrons. The molecule has 1 spiro atoms. The van der Waals surface area contributed by atoms with Gasteiger partial charge >= 0.3 is 0 Å². The first-order valence-corrected chi connectivity index (χ1v) is 10.8. The van der Waals surface area contributed by atoms with Gasteiger partial charge in [0.2, 0.25) is 5.95 Å². The van der Waals surface area contributed by atoms with Crippen LogP contribution >= 0.6 is 0 Å². The lowest BCUT2D eigenvalue weighted by Gasteiger charge is -2.38. The maximum Gasteiger partial charge on any atom is 0.213 e. The van der Waals surface area contributed by atoms with Gasteiger partial charge in [0.05, 0.1) is 23.1 Å². The number of ether oxygens (including phenoxy) is 1. The zero-order valence-electron chi connectivity index (χ0n) is 17.4. The maximum absolute atomic E-state index is 14.0. The van der Waals surface area contributed by atoms with Gasteiger partial charge in [-0.1, -0.05) is 17.9 Å². The van der Waals surface area contributed by atoms with E-state index in [0.29, 0.717) is 16.6 Å². The fourth-order valence-corrected chi connectivity index (χ4v) is 4.81. The second-order valence-corrected chi connectivity index (χ2v) is 8.60. The second-order valence-electron chi connectivity index (χ2n) is 8.60. The molecule has 1 aromatic carbocycles. The number of anilines is 1. The Morgan fingerprint density at radius 2 is 1.94 bits per heavy atom. The van der Waals surface area contributed by atoms with Crippen LogP contribution < -0.4 is 4.90 Å². The Hall–Kier alpha value is -3.44. The third-order valence-corrected chi connectivity index (χ3v) is 6.73. The highest BCUT2D eigenvalue weighted by molar-refractivity contribution is 5.96. The van der Waals surface area contributed by atoms with Gasteiger partial charge in [-0.05, 0) is 36.8 Å². The van der Waals surface area contributed by atoms with Crippen LogP contribution in [0.5, 0.6) is 0 Å². The van der Waals surface area contributed by atoms with Crippen LogP contribution in [0.4, 0.5) is 14.7 Å². The molecule has 5 heterocycles. The zero-order chi connectivity index (χ0) is 21.7. The molecule has 0 atom stereocenters. The molecule has 0 unspecified atom stereocenters. The van der Waals surface area contributed by atoms with E-state index in [1.54, 1.807) is 12.4 Å². The third kappa shape index (κ3) is 3.04. The average Bonchev–Trinajstić information content (AvgIpc) is 3.55. The van der Waals surface area contributed by atoms with E-state index in [4.69, 9.17) is 9.72 Å². The van der Waals surface area contributed by atoms with Crippen molar-refractivity contribution >= 4 is 22.6 Å². The fourth-order valence-electron chi connectivity index (χ4n) is 4.81. The monoisotopic (exact) mass is 433 g/mol. The van der Waals surface area contributed by atoms with E-state index in [0.717, 1.165) is 68.6 Å². The summed E-state index contributed by atoms with van der Waals surface area (Å²) in [7, 11) is 0. The van der Waals surface area contributed by atoms with Crippen molar-refractivity contribution in [3.8, 4) is 11.8 Å². The van der Waals surface area contributed by atoms with Gasteiger partial charge in [-0.25, -0.2) is 13.8 Å². The van der Waals surface area contributed by atoms with Gasteiger partial charge in [0, 0.05) is 38.3 Å². The van der Waals surface area contributed by atoms with Crippen molar-refractivity contribution in [1.82, 2.24) is 19.4 Å². The average molecular weight is 433 g/mol. The highest BCUT2D eigenvalue weighted by Crippen LogP contribution is 2.40. The molecular weight excluding hydrogens is 412 g/mol. The van der Waals surface area contributed by atoms with Gasteiger partial charge in [-0.15, -0.1) is 0 Å². The zero-order valence-corrected chi connectivity index (χ0v) is 17.4. The summed E-state index contributed by atoms with van der Waals surface area (Å²) in [5.41, 5.74) is 2.38. The number of piperidine rings is 1. The molecule has 3 aromatic heterocycles. The van der Waals surface area contributed by atoms with Crippen molar-refractivity contribution in [1.29, 1.82) is 0 Å². The van der Waals surface area contributed by atoms with Crippen LogP contribution in [-0.2, 0) is 4.74 Å². The predicted octanol–water partition coefficient (Wildman–Crippen LogP) is 3.90. The molecule has 2 fully saturated rings. The summed E-state index contributed by atoms with van der Waals surface area (Å²) < 4.78 is 35.1. The molecule has 32 heavy (non-hydrogen) atoms. The second kappa shape index (κ2) is 7.31. The number of rotatable bonds is 1. The molecule has 8 heteroatoms. The lowest BCUT2D eigenvalue weighted by molar-refractivity contribution is 0.133. The fraction of sp³-hybridized carbons (Fsp3) is 0.333. The van der Waals surface area contributed by atoms with Crippen LogP contribution in [0.2, 0.25) is 0 Å². The number of benzene rings is 1. The van der Waals surface area contributed by atoms with E-state index < -0.39 is 11.6 Å². The van der Waals surface area contributed by atoms with Crippen molar-refractivity contribution in [2.24, 2.45) is 5.41 Å². The number of nitrogens with one attached hydrogen (secondary N) is 1. The molecule has 162 valence electrons. The van der Waals surface area contributed by atoms with Crippen molar-refractivity contribution < 1.29 is 13.5 Å². The number of imidazole rings is 1. The van der Waals surface area contributed by atoms with Crippen LogP contribution in [0.15, 0.2) is 36.8 Å². The van der Waals surface area contributed by atoms with Crippen LogP contribution in [0, 0.1) is 28.9 Å². The Morgan fingerprint density at radius 1 is 1.09 bits per heavy atom. The molecule has 0 amide bonds. The summed E-state index contributed by atoms with van der Waals surface area (Å²) in [4.78, 5) is 14.9. The van der Waals surface area contributed by atoms with Crippen molar-refractivity contribution in [2.75, 3.05) is 31.2 Å². The minimum absolute atomic E-state index is 0.0152. The molecule has 2 aliphatic heterocycles. The number of nitrogens with zero attached hydrogens (tertiary/aromatic N) is 4. The summed E-state index contributed by atoms with van der Waals surface area (Å²) in [6.45, 7) is 3.56. The molecular formula is C24H21F2N5O. The lowest BCUT2D eigenvalue weighted by atomic mass is 9.78. The molecule has 0 aliphatic carbocycles. The molecule has 6 nitrogen and oxygen atoms in total. The van der Waals surface area contributed by atoms with E-state index in [1.165, 1.54) is 12.1 Å². The van der Waals surface area contributed by atoms with Crippen molar-refractivity contribution in [3.05, 3.63) is 59.6 Å². The first kappa shape index (κ1) is 19.3. The summed E-state index contributed by atoms with van der Waals surface area (Å²) in [5.74, 6) is 4.69. The standard InChI is InChI=1S/C24H21F2N5O/c25-18-3-1-2-16(20(18)26)4-5-17-14-28-21-19(17)22-27-9-12-31(22)23(29-21)30-10-6-24(7-11-30)8-13-32-15-24/h1-3,9,12,14,28H,6-8,10-11,13,15H2. The molecule has 2 saturated heterocycles. The van der Waals surface area contributed by atoms with Gasteiger partial charge in [0.15, 0.2) is 17.3 Å². The Labute approximate surface area is 183 Å². The van der Waals surface area contributed by atoms with Crippen molar-refractivity contribution in [3.63, 3.8) is 0 Å². The molecule has 1 N–H and O–H groups in total. The molecule has 4 aromatic rings. The van der Waals surface area contributed by atoms with Gasteiger partial charge in [-0.3, -0.25) is 4.40 Å². The van der Waals surface area contributed by atoms with Crippen LogP contribution in [0.1, 0.15) is 30.4 Å². The number of halogens is 2. The number of aromatic nitrogens is 4. The summed E-state index contributed by atoms with van der Waals surface area (Å²) in [6.07, 6.45) is 8.69. The third-order valence-electron chi connectivity index (χ3n) is 6.73. The van der Waals surface area contributed by atoms with Gasteiger partial charge in [-0.2, -0.15) is 4.98 Å². The van der Waals surface area contributed by atoms with Gasteiger partial charge in [0.25, 0.3) is 0 Å². The summed E-state index contributed by atoms with van der Waals surface area (Å²) >= 11 is 0. The minimum atomic E-state index is -0.943. The smallest absolute Gasteiger partial charge is 0.213 e. The number of hydrogen-bond acceptors (Lipinski definition) is 4. The Bertz CT molecular complexity index is 1380. The predicted molar refractivity (Wildman–Crippen MR) is 116 cm³/mol. The highest BCUT2D eigenvalue weighted by Gasteiger charge is 2.38. The van der Waals surface area contributed by atoms with Gasteiger partial charge in [0.1, 0.15) is 5.65 Å². The van der Waals surface area contributed by atoms with E-state index in [1.807, 2.05) is 10.6 Å². The van der Waals surface area contributed by atoms with Crippen LogP contribution in [-0.4, -0.2) is 45.7 Å². The largest absolute Gasteiger partial charge is 0.381 e. The Kier molecular flexibility index (Phi) is 4.40. The summed E-state index contributed by atoms with van der Waals surface area (Å²) in [6, 6.07) is 3.98. The summed E-state index contributed by atoms with van der Waals surface area (Å²) in [5, 5.41) is 0.765. The van der Waals surface area contributed by atoms with E-state index in [9.17, 15) is 8.78 Å². The number of aromatic amines is 1. The number of hydrogen-bond donors (Lipinski definition) is 1. The van der Waals surface area contributed by atoms with E-state index in [2.05, 4.69) is 26.7 Å². The van der Waals surface area contributed by atoms with Crippen molar-refractivity contribution in [2.45, 2.75) is 19.3 Å². The SMILES string of the molecule is Fc1cccc(C#Cc2c[nH]c3nc(N4CCC5(CCOC5)CC4)n4ccnc4c23)c1F. The van der Waals surface area contributed by atoms with E-state index >= 15 is 0 Å². The number of H-pyrrole nitrogens is 1. The Balaban J connectivity index is 1.38. The Morgan fingerprint density at radius 3 is 2.75 bits per heavy atom. The first-order chi connectivity index (χ1) is 15.6. The van der Waals surface area contributed by atoms with E-state index in [-0.39, 0.29) is 5.56 Å². The maximum atomic E-state index is 14.0. The molecule has 2 aliphatic rings. The van der Waals surface area contributed by atoms with Crippen LogP contribution in [0.25, 0.3) is 16.7 Å². The molecule has 0 bridgehead atoms.